The molecule has 2 aromatic heterocycles. The van der Waals surface area contributed by atoms with Gasteiger partial charge in [-0.05, 0) is 55.6 Å². The molecule has 7 nitrogen and oxygen atoms in total. The van der Waals surface area contributed by atoms with E-state index in [1.807, 2.05) is 6.92 Å². The van der Waals surface area contributed by atoms with E-state index < -0.39 is 22.0 Å². The zero-order valence-electron chi connectivity index (χ0n) is 19.0. The molecule has 0 bridgehead atoms. The van der Waals surface area contributed by atoms with Crippen LogP contribution in [0.25, 0.3) is 22.6 Å². The number of carboxylic acid groups (broad SMARTS) is 1. The number of halogens is 2. The molecule has 36 heavy (non-hydrogen) atoms. The molecule has 0 saturated heterocycles. The second-order valence-electron chi connectivity index (χ2n) is 7.69. The monoisotopic (exact) mass is 563 g/mol. The van der Waals surface area contributed by atoms with Crippen molar-refractivity contribution in [3.8, 4) is 0 Å². The van der Waals surface area contributed by atoms with E-state index in [0.29, 0.717) is 4.88 Å². The zero-order chi connectivity index (χ0) is 26.2. The molecule has 0 fully saturated rings. The number of hydrogen-bond donors (Lipinski definition) is 1. The fourth-order valence-corrected chi connectivity index (χ4v) is 6.57. The molecule has 0 amide bonds. The lowest BCUT2D eigenvalue weighted by atomic mass is 10.1. The van der Waals surface area contributed by atoms with Gasteiger partial charge in [-0.25, -0.2) is 22.0 Å². The number of nitrogens with zero attached hydrogens (tertiary/aromatic N) is 1. The van der Waals surface area contributed by atoms with E-state index in [1.54, 1.807) is 36.6 Å². The molecule has 0 spiro atoms. The third kappa shape index (κ3) is 4.67. The summed E-state index contributed by atoms with van der Waals surface area (Å²) in [5, 5.41) is 12.0. The van der Waals surface area contributed by atoms with Gasteiger partial charge in [-0.3, -0.25) is 0 Å². The Morgan fingerprint density at radius 1 is 1.14 bits per heavy atom. The summed E-state index contributed by atoms with van der Waals surface area (Å²) in [6.07, 6.45) is 1.24. The Balaban J connectivity index is 2.19. The number of aliphatic carboxylic acids is 1. The second-order valence-corrected chi connectivity index (χ2v) is 11.3. The van der Waals surface area contributed by atoms with E-state index in [2.05, 4.69) is 0 Å². The van der Waals surface area contributed by atoms with Crippen molar-refractivity contribution in [1.82, 2.24) is 3.97 Å². The van der Waals surface area contributed by atoms with E-state index >= 15 is 0 Å². The number of carbonyl (C=O) groups is 2. The molecule has 2 aromatic carbocycles. The molecule has 11 heteroatoms. The number of ether oxygens (including phenoxy) is 1. The van der Waals surface area contributed by atoms with Crippen LogP contribution in [-0.4, -0.2) is 36.0 Å². The first-order valence-corrected chi connectivity index (χ1v) is 13.7. The first-order valence-electron chi connectivity index (χ1n) is 10.6. The first-order chi connectivity index (χ1) is 17.1. The minimum absolute atomic E-state index is 0.00777. The van der Waals surface area contributed by atoms with E-state index in [-0.39, 0.29) is 49.3 Å². The van der Waals surface area contributed by atoms with Gasteiger partial charge in [-0.15, -0.1) is 11.3 Å². The molecule has 186 valence electrons. The maximum Gasteiger partial charge on any atom is 0.356 e. The fraction of sp³-hybridized carbons (Fsp3) is 0.120. The Morgan fingerprint density at radius 3 is 2.42 bits per heavy atom. The van der Waals surface area contributed by atoms with Crippen LogP contribution in [0.3, 0.4) is 0 Å². The number of esters is 1. The number of thiophene rings is 1. The van der Waals surface area contributed by atoms with E-state index in [0.717, 1.165) is 9.54 Å². The molecular formula is C25H19Cl2NO6S2. The van der Waals surface area contributed by atoms with E-state index in [4.69, 9.17) is 27.9 Å². The van der Waals surface area contributed by atoms with Crippen molar-refractivity contribution in [2.45, 2.75) is 18.7 Å². The van der Waals surface area contributed by atoms with Gasteiger partial charge >= 0.3 is 11.9 Å². The van der Waals surface area contributed by atoms with Crippen molar-refractivity contribution in [2.75, 3.05) is 6.61 Å². The molecule has 0 saturated carbocycles. The zero-order valence-corrected chi connectivity index (χ0v) is 22.1. The lowest BCUT2D eigenvalue weighted by Crippen LogP contribution is -2.20. The summed E-state index contributed by atoms with van der Waals surface area (Å²) < 4.78 is 33.9. The Morgan fingerprint density at radius 2 is 1.83 bits per heavy atom. The molecule has 4 rings (SSSR count). The minimum Gasteiger partial charge on any atom is -0.478 e. The summed E-state index contributed by atoms with van der Waals surface area (Å²) in [5.74, 6) is -2.22. The van der Waals surface area contributed by atoms with Crippen molar-refractivity contribution in [2.24, 2.45) is 0 Å². The highest BCUT2D eigenvalue weighted by Gasteiger charge is 2.33. The number of fused-ring (bicyclic) bond motifs is 1. The number of hydrogen-bond acceptors (Lipinski definition) is 6. The van der Waals surface area contributed by atoms with Gasteiger partial charge < -0.3 is 9.84 Å². The lowest BCUT2D eigenvalue weighted by molar-refractivity contribution is -0.130. The number of carbonyl (C=O) groups excluding carboxylic acids is 1. The predicted molar refractivity (Wildman–Crippen MR) is 142 cm³/mol. The van der Waals surface area contributed by atoms with Gasteiger partial charge in [0.15, 0.2) is 5.69 Å². The van der Waals surface area contributed by atoms with E-state index in [1.165, 1.54) is 41.7 Å². The smallest absolute Gasteiger partial charge is 0.356 e. The predicted octanol–water partition coefficient (Wildman–Crippen LogP) is 6.36. The molecule has 1 N–H and O–H groups in total. The summed E-state index contributed by atoms with van der Waals surface area (Å²) in [6.45, 7) is 3.35. The molecular weight excluding hydrogens is 545 g/mol. The average Bonchev–Trinajstić information content (AvgIpc) is 3.44. The number of rotatable bonds is 7. The van der Waals surface area contributed by atoms with Crippen molar-refractivity contribution in [3.63, 3.8) is 0 Å². The maximum absolute atomic E-state index is 13.9. The molecule has 0 unspecified atom stereocenters. The van der Waals surface area contributed by atoms with Crippen LogP contribution in [0.1, 0.15) is 33.4 Å². The Labute approximate surface area is 221 Å². The number of benzene rings is 2. The molecule has 0 radical (unpaired) electrons. The normalized spacial score (nSPS) is 12.2. The van der Waals surface area contributed by atoms with Gasteiger partial charge in [0.2, 0.25) is 0 Å². The highest BCUT2D eigenvalue weighted by Crippen LogP contribution is 2.39. The van der Waals surface area contributed by atoms with Crippen LogP contribution >= 0.6 is 34.5 Å². The third-order valence-corrected chi connectivity index (χ3v) is 8.46. The van der Waals surface area contributed by atoms with Crippen LogP contribution in [0.15, 0.2) is 58.8 Å². The fourth-order valence-electron chi connectivity index (χ4n) is 3.75. The van der Waals surface area contributed by atoms with Gasteiger partial charge in [0.25, 0.3) is 10.0 Å². The van der Waals surface area contributed by atoms with Crippen molar-refractivity contribution in [1.29, 1.82) is 0 Å². The Hall–Kier alpha value is -3.11. The molecule has 0 aliphatic heterocycles. The van der Waals surface area contributed by atoms with Gasteiger partial charge in [0.05, 0.1) is 27.6 Å². The summed E-state index contributed by atoms with van der Waals surface area (Å²) in [6, 6.07) is 12.1. The molecule has 0 aliphatic carbocycles. The molecule has 2 heterocycles. The van der Waals surface area contributed by atoms with E-state index in [9.17, 15) is 23.1 Å². The molecule has 0 atom stereocenters. The summed E-state index contributed by atoms with van der Waals surface area (Å²) >= 11 is 13.9. The van der Waals surface area contributed by atoms with Crippen LogP contribution < -0.4 is 0 Å². The van der Waals surface area contributed by atoms with Crippen LogP contribution in [0.5, 0.6) is 0 Å². The molecule has 4 aromatic rings. The topological polar surface area (TPSA) is 103 Å². The van der Waals surface area contributed by atoms with Gasteiger partial charge in [-0.1, -0.05) is 47.0 Å². The standard InChI is InChI=1S/C25H19Cl2NO6S2/c1-3-34-25(31)23-18(13-17(24(29)30)21-5-4-10-35-21)22-19(27)11-15(26)12-20(22)28(23)36(32,33)16-8-6-14(2)7-9-16/h4-13H,3H2,1-2H3,(H,29,30)/b17-13+. The van der Waals surface area contributed by atoms with Gasteiger partial charge in [-0.2, -0.15) is 0 Å². The van der Waals surface area contributed by atoms with Crippen LogP contribution in [0.2, 0.25) is 10.0 Å². The summed E-state index contributed by atoms with van der Waals surface area (Å²) in [5.41, 5.74) is 0.318. The Kier molecular flexibility index (Phi) is 7.28. The maximum atomic E-state index is 13.9. The highest BCUT2D eigenvalue weighted by atomic mass is 35.5. The van der Waals surface area contributed by atoms with Crippen LogP contribution in [0, 0.1) is 6.92 Å². The second kappa shape index (κ2) is 10.1. The summed E-state index contributed by atoms with van der Waals surface area (Å²) in [7, 11) is -4.37. The minimum atomic E-state index is -4.37. The van der Waals surface area contributed by atoms with Crippen molar-refractivity contribution in [3.05, 3.63) is 85.7 Å². The largest absolute Gasteiger partial charge is 0.478 e. The molecule has 0 aliphatic rings. The average molecular weight is 564 g/mol. The number of aryl methyl sites for hydroxylation is 1. The first kappa shape index (κ1) is 26.0. The number of aromatic nitrogens is 1. The lowest BCUT2D eigenvalue weighted by Gasteiger charge is -2.12. The highest BCUT2D eigenvalue weighted by molar-refractivity contribution is 7.90. The van der Waals surface area contributed by atoms with Crippen molar-refractivity contribution < 1.29 is 27.9 Å². The van der Waals surface area contributed by atoms with Crippen molar-refractivity contribution >= 4 is 79.1 Å². The van der Waals surface area contributed by atoms with Crippen LogP contribution in [0.4, 0.5) is 0 Å². The Bertz CT molecular complexity index is 1620. The van der Waals surface area contributed by atoms with Crippen LogP contribution in [-0.2, 0) is 19.6 Å². The number of carboxylic acids is 1. The van der Waals surface area contributed by atoms with Gasteiger partial charge in [0.1, 0.15) is 0 Å². The quantitative estimate of drug-likeness (QED) is 0.207. The van der Waals surface area contributed by atoms with Gasteiger partial charge in [0, 0.05) is 20.8 Å². The summed E-state index contributed by atoms with van der Waals surface area (Å²) in [4.78, 5) is 25.8. The third-order valence-electron chi connectivity index (χ3n) is 5.31. The SMILES string of the molecule is CCOC(=O)c1c(/C=C(/C(=O)O)c2cccs2)c2c(Cl)cc(Cl)cc2n1S(=O)(=O)c1ccc(C)cc1.